The van der Waals surface area contributed by atoms with E-state index in [9.17, 15) is 9.59 Å². The van der Waals surface area contributed by atoms with Crippen molar-refractivity contribution in [2.24, 2.45) is 12.8 Å². The third-order valence-electron chi connectivity index (χ3n) is 6.70. The van der Waals surface area contributed by atoms with Crippen molar-refractivity contribution >= 4 is 16.9 Å². The summed E-state index contributed by atoms with van der Waals surface area (Å²) in [4.78, 5) is 27.3. The Kier molecular flexibility index (Phi) is 5.61. The molecule has 1 fully saturated rings. The fourth-order valence-corrected chi connectivity index (χ4v) is 4.85. The molecule has 1 aliphatic rings. The summed E-state index contributed by atoms with van der Waals surface area (Å²) in [5.41, 5.74) is 12.6. The second kappa shape index (κ2) is 8.61. The SMILES string of the molecule is CCn1c(=O)n(C)c2cc(-c3cn(CC(=O)N4CCC(N)C4)nc3-c3cccc(C)c3)ccc21. The van der Waals surface area contributed by atoms with Crippen LogP contribution >= 0.6 is 0 Å². The van der Waals surface area contributed by atoms with E-state index < -0.39 is 0 Å². The van der Waals surface area contributed by atoms with Crippen molar-refractivity contribution < 1.29 is 4.79 Å². The second-order valence-corrected chi connectivity index (χ2v) is 9.14. The van der Waals surface area contributed by atoms with Gasteiger partial charge >= 0.3 is 5.69 Å². The summed E-state index contributed by atoms with van der Waals surface area (Å²) >= 11 is 0. The van der Waals surface area contributed by atoms with Crippen LogP contribution in [0.3, 0.4) is 0 Å². The minimum absolute atomic E-state index is 0.0238. The van der Waals surface area contributed by atoms with Crippen LogP contribution in [0.25, 0.3) is 33.4 Å². The first-order valence-electron chi connectivity index (χ1n) is 11.7. The first-order valence-corrected chi connectivity index (χ1v) is 11.7. The minimum Gasteiger partial charge on any atom is -0.339 e. The number of rotatable bonds is 5. The highest BCUT2D eigenvalue weighted by Crippen LogP contribution is 2.33. The van der Waals surface area contributed by atoms with E-state index in [-0.39, 0.29) is 24.2 Å². The molecule has 8 heteroatoms. The molecule has 0 radical (unpaired) electrons. The lowest BCUT2D eigenvalue weighted by molar-refractivity contribution is -0.131. The van der Waals surface area contributed by atoms with Gasteiger partial charge in [-0.05, 0) is 44.0 Å². The molecule has 0 spiro atoms. The molecule has 1 amide bonds. The molecule has 0 aliphatic carbocycles. The molecule has 1 saturated heterocycles. The molecule has 34 heavy (non-hydrogen) atoms. The van der Waals surface area contributed by atoms with Crippen LogP contribution in [0.4, 0.5) is 0 Å². The van der Waals surface area contributed by atoms with Crippen LogP contribution in [0.5, 0.6) is 0 Å². The van der Waals surface area contributed by atoms with Gasteiger partial charge in [-0.15, -0.1) is 0 Å². The Morgan fingerprint density at radius 2 is 1.97 bits per heavy atom. The quantitative estimate of drug-likeness (QED) is 0.498. The highest BCUT2D eigenvalue weighted by Gasteiger charge is 2.24. The second-order valence-electron chi connectivity index (χ2n) is 9.14. The van der Waals surface area contributed by atoms with E-state index in [2.05, 4.69) is 19.1 Å². The average Bonchev–Trinajstić information content (AvgIpc) is 3.51. The summed E-state index contributed by atoms with van der Waals surface area (Å²) in [5.74, 6) is 0.0238. The number of amides is 1. The molecule has 1 unspecified atom stereocenters. The molecule has 0 bridgehead atoms. The van der Waals surface area contributed by atoms with Gasteiger partial charge in [0.05, 0.1) is 11.0 Å². The average molecular weight is 459 g/mol. The number of nitrogens with two attached hydrogens (primary N) is 1. The summed E-state index contributed by atoms with van der Waals surface area (Å²) in [7, 11) is 1.80. The number of benzene rings is 2. The van der Waals surface area contributed by atoms with Gasteiger partial charge in [-0.1, -0.05) is 29.8 Å². The number of hydrogen-bond donors (Lipinski definition) is 1. The van der Waals surface area contributed by atoms with Crippen LogP contribution in [-0.4, -0.2) is 48.9 Å². The van der Waals surface area contributed by atoms with E-state index >= 15 is 0 Å². The van der Waals surface area contributed by atoms with Gasteiger partial charge in [0.25, 0.3) is 0 Å². The summed E-state index contributed by atoms with van der Waals surface area (Å²) < 4.78 is 5.17. The Labute approximate surface area is 198 Å². The standard InChI is InChI=1S/C26H30N6O2/c1-4-32-22-9-8-18(13-23(22)29(3)26(32)34)21-15-31(16-24(33)30-11-10-20(27)14-30)28-25(21)19-7-5-6-17(2)12-19/h5-9,12-13,15,20H,4,10-11,14,16,27H2,1-3H3. The largest absolute Gasteiger partial charge is 0.339 e. The summed E-state index contributed by atoms with van der Waals surface area (Å²) in [6.45, 7) is 6.09. The third-order valence-corrected chi connectivity index (χ3v) is 6.70. The first-order chi connectivity index (χ1) is 16.4. The van der Waals surface area contributed by atoms with Crippen molar-refractivity contribution in [3.8, 4) is 22.4 Å². The van der Waals surface area contributed by atoms with Gasteiger partial charge in [0.2, 0.25) is 5.91 Å². The van der Waals surface area contributed by atoms with E-state index in [1.54, 1.807) is 20.9 Å². The van der Waals surface area contributed by atoms with E-state index in [0.29, 0.717) is 19.6 Å². The van der Waals surface area contributed by atoms with Crippen molar-refractivity contribution in [2.75, 3.05) is 13.1 Å². The molecular weight excluding hydrogens is 428 g/mol. The van der Waals surface area contributed by atoms with Crippen molar-refractivity contribution in [1.82, 2.24) is 23.8 Å². The number of nitrogens with zero attached hydrogens (tertiary/aromatic N) is 5. The number of fused-ring (bicyclic) bond motifs is 1. The fraction of sp³-hybridized carbons (Fsp3) is 0.346. The number of imidazole rings is 1. The molecule has 0 saturated carbocycles. The normalized spacial score (nSPS) is 16.0. The Hall–Kier alpha value is -3.65. The predicted octanol–water partition coefficient (Wildman–Crippen LogP) is 2.76. The van der Waals surface area contributed by atoms with E-state index in [1.807, 2.05) is 48.4 Å². The van der Waals surface area contributed by atoms with E-state index in [1.165, 1.54) is 0 Å². The van der Waals surface area contributed by atoms with Gasteiger partial charge in [0.1, 0.15) is 12.2 Å². The van der Waals surface area contributed by atoms with Gasteiger partial charge in [-0.2, -0.15) is 5.10 Å². The van der Waals surface area contributed by atoms with Crippen LogP contribution < -0.4 is 11.4 Å². The number of carbonyl (C=O) groups is 1. The van der Waals surface area contributed by atoms with E-state index in [4.69, 9.17) is 10.8 Å². The minimum atomic E-state index is -0.0290. The van der Waals surface area contributed by atoms with Crippen LogP contribution in [0, 0.1) is 6.92 Å². The highest BCUT2D eigenvalue weighted by molar-refractivity contribution is 5.88. The maximum absolute atomic E-state index is 12.9. The zero-order valence-corrected chi connectivity index (χ0v) is 19.9. The van der Waals surface area contributed by atoms with Gasteiger partial charge in [-0.3, -0.25) is 18.6 Å². The molecule has 176 valence electrons. The number of aromatic nitrogens is 4. The number of aryl methyl sites for hydroxylation is 3. The lowest BCUT2D eigenvalue weighted by atomic mass is 10.0. The lowest BCUT2D eigenvalue weighted by Gasteiger charge is -2.15. The summed E-state index contributed by atoms with van der Waals surface area (Å²) in [6, 6.07) is 14.3. The number of hydrogen-bond acceptors (Lipinski definition) is 4. The van der Waals surface area contributed by atoms with Crippen LogP contribution in [0.2, 0.25) is 0 Å². The molecule has 4 aromatic rings. The van der Waals surface area contributed by atoms with Gasteiger partial charge in [-0.25, -0.2) is 4.79 Å². The first kappa shape index (κ1) is 22.2. The molecule has 2 N–H and O–H groups in total. The highest BCUT2D eigenvalue weighted by atomic mass is 16.2. The van der Waals surface area contributed by atoms with Crippen LogP contribution in [0.1, 0.15) is 18.9 Å². The van der Waals surface area contributed by atoms with Crippen molar-refractivity contribution in [3.63, 3.8) is 0 Å². The molecule has 1 aliphatic heterocycles. The molecule has 5 rings (SSSR count). The monoisotopic (exact) mass is 458 g/mol. The zero-order valence-electron chi connectivity index (χ0n) is 19.9. The third kappa shape index (κ3) is 3.84. The summed E-state index contributed by atoms with van der Waals surface area (Å²) in [5, 5.41) is 4.83. The topological polar surface area (TPSA) is 91.1 Å². The maximum atomic E-state index is 12.9. The van der Waals surface area contributed by atoms with Crippen molar-refractivity contribution in [3.05, 3.63) is 64.7 Å². The molecule has 3 heterocycles. The molecule has 2 aromatic heterocycles. The molecule has 8 nitrogen and oxygen atoms in total. The fourth-order valence-electron chi connectivity index (χ4n) is 4.85. The Morgan fingerprint density at radius 1 is 1.15 bits per heavy atom. The Morgan fingerprint density at radius 3 is 2.68 bits per heavy atom. The van der Waals surface area contributed by atoms with Crippen LogP contribution in [-0.2, 0) is 24.9 Å². The van der Waals surface area contributed by atoms with E-state index in [0.717, 1.165) is 45.4 Å². The maximum Gasteiger partial charge on any atom is 0.328 e. The Bertz CT molecular complexity index is 1440. The lowest BCUT2D eigenvalue weighted by Crippen LogP contribution is -2.34. The van der Waals surface area contributed by atoms with Crippen molar-refractivity contribution in [1.29, 1.82) is 0 Å². The molecule has 2 aromatic carbocycles. The molecular formula is C26H30N6O2. The predicted molar refractivity (Wildman–Crippen MR) is 133 cm³/mol. The van der Waals surface area contributed by atoms with Gasteiger partial charge < -0.3 is 10.6 Å². The zero-order chi connectivity index (χ0) is 24.0. The Balaban J connectivity index is 1.60. The van der Waals surface area contributed by atoms with Crippen LogP contribution in [0.15, 0.2) is 53.5 Å². The van der Waals surface area contributed by atoms with Crippen molar-refractivity contribution in [2.45, 2.75) is 39.4 Å². The number of carbonyl (C=O) groups excluding carboxylic acids is 1. The number of likely N-dealkylation sites (tertiary alicyclic amines) is 1. The summed E-state index contributed by atoms with van der Waals surface area (Å²) in [6.07, 6.45) is 2.77. The van der Waals surface area contributed by atoms with Gasteiger partial charge in [0, 0.05) is 50.0 Å². The molecule has 1 atom stereocenters. The van der Waals surface area contributed by atoms with Gasteiger partial charge in [0.15, 0.2) is 0 Å². The smallest absolute Gasteiger partial charge is 0.328 e.